The zero-order valence-electron chi connectivity index (χ0n) is 13.5. The monoisotopic (exact) mass is 348 g/mol. The van der Waals surface area contributed by atoms with E-state index in [0.717, 1.165) is 16.5 Å². The second-order valence-electron chi connectivity index (χ2n) is 6.12. The Morgan fingerprint density at radius 2 is 2.17 bits per heavy atom. The second-order valence-corrected chi connectivity index (χ2v) is 8.11. The summed E-state index contributed by atoms with van der Waals surface area (Å²) in [6, 6.07) is 7.70. The summed E-state index contributed by atoms with van der Waals surface area (Å²) in [5.41, 5.74) is 1.69. The van der Waals surface area contributed by atoms with Crippen molar-refractivity contribution < 1.29 is 17.6 Å². The highest BCUT2D eigenvalue weighted by molar-refractivity contribution is 7.88. The highest BCUT2D eigenvalue weighted by atomic mass is 32.2. The number of rotatable bonds is 6. The van der Waals surface area contributed by atoms with Gasteiger partial charge < -0.3 is 9.32 Å². The molecule has 0 saturated carbocycles. The molecule has 0 atom stereocenters. The van der Waals surface area contributed by atoms with Crippen LogP contribution in [0.1, 0.15) is 5.56 Å². The summed E-state index contributed by atoms with van der Waals surface area (Å²) in [5, 5.41) is 0.991. The minimum absolute atomic E-state index is 0.138. The topological polar surface area (TPSA) is 70.8 Å². The molecular formula is C17H20N2O4S. The van der Waals surface area contributed by atoms with Gasteiger partial charge in [-0.1, -0.05) is 24.8 Å². The molecule has 128 valence electrons. The first-order valence-electron chi connectivity index (χ1n) is 7.70. The fourth-order valence-corrected chi connectivity index (χ4v) is 3.93. The van der Waals surface area contributed by atoms with Crippen molar-refractivity contribution in [1.29, 1.82) is 0 Å². The zero-order chi connectivity index (χ0) is 17.3. The number of benzene rings is 1. The molecule has 1 aromatic carbocycles. The van der Waals surface area contributed by atoms with Crippen molar-refractivity contribution in [2.45, 2.75) is 6.54 Å². The first kappa shape index (κ1) is 16.7. The SMILES string of the molecule is C=CC(=O)N(Cc1cccc2ccoc12)CC1CN(S(C)(=O)=O)C1. The molecule has 7 heteroatoms. The molecule has 0 aliphatic carbocycles. The van der Waals surface area contributed by atoms with E-state index in [4.69, 9.17) is 4.42 Å². The molecule has 24 heavy (non-hydrogen) atoms. The lowest BCUT2D eigenvalue weighted by Crippen LogP contribution is -2.53. The van der Waals surface area contributed by atoms with E-state index in [-0.39, 0.29) is 11.8 Å². The van der Waals surface area contributed by atoms with E-state index in [1.54, 1.807) is 11.2 Å². The van der Waals surface area contributed by atoms with Gasteiger partial charge in [-0.15, -0.1) is 0 Å². The standard InChI is InChI=1S/C17H20N2O4S/c1-3-16(20)18(9-13-10-19(11-13)24(2,21)22)12-15-6-4-5-14-7-8-23-17(14)15/h3-8,13H,1,9-12H2,2H3. The average molecular weight is 348 g/mol. The van der Waals surface area contributed by atoms with Gasteiger partial charge in [-0.25, -0.2) is 12.7 Å². The highest BCUT2D eigenvalue weighted by Gasteiger charge is 2.34. The summed E-state index contributed by atoms with van der Waals surface area (Å²) in [6.45, 7) is 5.36. The lowest BCUT2D eigenvalue weighted by molar-refractivity contribution is -0.127. The van der Waals surface area contributed by atoms with Crippen LogP contribution in [0.15, 0.2) is 47.6 Å². The number of carbonyl (C=O) groups excluding carboxylic acids is 1. The van der Waals surface area contributed by atoms with E-state index in [9.17, 15) is 13.2 Å². The number of furan rings is 1. The molecule has 1 aliphatic heterocycles. The van der Waals surface area contributed by atoms with Crippen LogP contribution in [-0.2, 0) is 21.4 Å². The molecule has 0 N–H and O–H groups in total. The third kappa shape index (κ3) is 3.37. The average Bonchev–Trinajstić information content (AvgIpc) is 2.96. The van der Waals surface area contributed by atoms with Gasteiger partial charge in [0.15, 0.2) is 0 Å². The number of carbonyl (C=O) groups is 1. The lowest BCUT2D eigenvalue weighted by Gasteiger charge is -2.39. The van der Waals surface area contributed by atoms with Crippen molar-refractivity contribution in [2.24, 2.45) is 5.92 Å². The Labute approximate surface area is 141 Å². The minimum atomic E-state index is -3.15. The first-order chi connectivity index (χ1) is 11.4. The number of sulfonamides is 1. The van der Waals surface area contributed by atoms with Crippen LogP contribution in [0.4, 0.5) is 0 Å². The van der Waals surface area contributed by atoms with Crippen molar-refractivity contribution in [3.8, 4) is 0 Å². The number of para-hydroxylation sites is 1. The van der Waals surface area contributed by atoms with Crippen molar-refractivity contribution in [2.75, 3.05) is 25.9 Å². The van der Waals surface area contributed by atoms with Crippen molar-refractivity contribution in [3.63, 3.8) is 0 Å². The molecule has 1 fully saturated rings. The number of amides is 1. The highest BCUT2D eigenvalue weighted by Crippen LogP contribution is 2.24. The molecule has 0 bridgehead atoms. The van der Waals surface area contributed by atoms with Gasteiger partial charge in [-0.3, -0.25) is 4.79 Å². The molecule has 1 aromatic heterocycles. The van der Waals surface area contributed by atoms with Gasteiger partial charge in [0.25, 0.3) is 0 Å². The molecule has 0 unspecified atom stereocenters. The Hall–Kier alpha value is -2.12. The Morgan fingerprint density at radius 1 is 1.42 bits per heavy atom. The van der Waals surface area contributed by atoms with E-state index in [0.29, 0.717) is 26.2 Å². The Kier molecular flexibility index (Phi) is 4.47. The van der Waals surface area contributed by atoms with Gasteiger partial charge in [0.1, 0.15) is 5.58 Å². The van der Waals surface area contributed by atoms with Gasteiger partial charge in [0.2, 0.25) is 15.9 Å². The van der Waals surface area contributed by atoms with Crippen LogP contribution in [0.3, 0.4) is 0 Å². The van der Waals surface area contributed by atoms with Crippen molar-refractivity contribution in [1.82, 2.24) is 9.21 Å². The molecule has 3 rings (SSSR count). The predicted molar refractivity (Wildman–Crippen MR) is 91.7 cm³/mol. The lowest BCUT2D eigenvalue weighted by atomic mass is 10.0. The maximum atomic E-state index is 12.2. The number of hydrogen-bond donors (Lipinski definition) is 0. The first-order valence-corrected chi connectivity index (χ1v) is 9.55. The Balaban J connectivity index is 1.73. The summed E-state index contributed by atoms with van der Waals surface area (Å²) >= 11 is 0. The Bertz CT molecular complexity index is 866. The quantitative estimate of drug-likeness (QED) is 0.747. The summed E-state index contributed by atoms with van der Waals surface area (Å²) in [5.74, 6) is -0.0317. The number of nitrogens with zero attached hydrogens (tertiary/aromatic N) is 2. The molecule has 6 nitrogen and oxygen atoms in total. The molecular weight excluding hydrogens is 328 g/mol. The van der Waals surface area contributed by atoms with Gasteiger partial charge in [0.05, 0.1) is 12.5 Å². The van der Waals surface area contributed by atoms with Crippen LogP contribution in [0.2, 0.25) is 0 Å². The maximum Gasteiger partial charge on any atom is 0.246 e. The van der Waals surface area contributed by atoms with E-state index in [2.05, 4.69) is 6.58 Å². The molecule has 1 aliphatic rings. The molecule has 2 aromatic rings. The van der Waals surface area contributed by atoms with Crippen LogP contribution in [0, 0.1) is 5.92 Å². The third-order valence-electron chi connectivity index (χ3n) is 4.28. The van der Waals surface area contributed by atoms with Gasteiger partial charge in [0, 0.05) is 43.0 Å². The number of hydrogen-bond acceptors (Lipinski definition) is 4. The molecule has 1 saturated heterocycles. The number of fused-ring (bicyclic) bond motifs is 1. The van der Waals surface area contributed by atoms with Crippen LogP contribution >= 0.6 is 0 Å². The van der Waals surface area contributed by atoms with Gasteiger partial charge >= 0.3 is 0 Å². The van der Waals surface area contributed by atoms with Crippen molar-refractivity contribution >= 4 is 26.9 Å². The van der Waals surface area contributed by atoms with E-state index in [1.807, 2.05) is 24.3 Å². The molecule has 0 spiro atoms. The van der Waals surface area contributed by atoms with Crippen LogP contribution in [0.25, 0.3) is 11.0 Å². The van der Waals surface area contributed by atoms with E-state index in [1.165, 1.54) is 16.6 Å². The Morgan fingerprint density at radius 3 is 2.83 bits per heavy atom. The van der Waals surface area contributed by atoms with Gasteiger partial charge in [-0.05, 0) is 12.1 Å². The largest absolute Gasteiger partial charge is 0.464 e. The molecule has 1 amide bonds. The van der Waals surface area contributed by atoms with Crippen LogP contribution in [0.5, 0.6) is 0 Å². The van der Waals surface area contributed by atoms with Crippen molar-refractivity contribution in [3.05, 3.63) is 48.7 Å². The van der Waals surface area contributed by atoms with Crippen LogP contribution < -0.4 is 0 Å². The minimum Gasteiger partial charge on any atom is -0.464 e. The summed E-state index contributed by atoms with van der Waals surface area (Å²) < 4.78 is 29.9. The smallest absolute Gasteiger partial charge is 0.246 e. The molecule has 0 radical (unpaired) electrons. The van der Waals surface area contributed by atoms with E-state index < -0.39 is 10.0 Å². The van der Waals surface area contributed by atoms with E-state index >= 15 is 0 Å². The third-order valence-corrected chi connectivity index (χ3v) is 5.52. The second kappa shape index (κ2) is 6.41. The summed E-state index contributed by atoms with van der Waals surface area (Å²) in [6.07, 6.45) is 4.12. The van der Waals surface area contributed by atoms with Gasteiger partial charge in [-0.2, -0.15) is 0 Å². The normalized spacial score (nSPS) is 16.0. The maximum absolute atomic E-state index is 12.2. The fraction of sp³-hybridized carbons (Fsp3) is 0.353. The zero-order valence-corrected chi connectivity index (χ0v) is 14.3. The summed E-state index contributed by atoms with van der Waals surface area (Å²) in [4.78, 5) is 13.9. The predicted octanol–water partition coefficient (Wildman–Crippen LogP) is 1.84. The summed E-state index contributed by atoms with van der Waals surface area (Å²) in [7, 11) is -3.15. The van der Waals surface area contributed by atoms with Crippen LogP contribution in [-0.4, -0.2) is 49.4 Å². The molecule has 2 heterocycles. The fourth-order valence-electron chi connectivity index (χ4n) is 2.97.